The van der Waals surface area contributed by atoms with Gasteiger partial charge in [-0.05, 0) is 37.3 Å². The van der Waals surface area contributed by atoms with E-state index in [1.165, 1.54) is 23.8 Å². The Bertz CT molecular complexity index is 661. The third kappa shape index (κ3) is 2.06. The first kappa shape index (κ1) is 12.9. The summed E-state index contributed by atoms with van der Waals surface area (Å²) in [7, 11) is 0. The minimum absolute atomic E-state index is 0.232. The van der Waals surface area contributed by atoms with Crippen molar-refractivity contribution in [3.05, 3.63) is 36.0 Å². The number of hydrogen-bond acceptors (Lipinski definition) is 1. The van der Waals surface area contributed by atoms with Gasteiger partial charge < -0.3 is 9.88 Å². The summed E-state index contributed by atoms with van der Waals surface area (Å²) in [6.07, 6.45) is 8.93. The predicted molar refractivity (Wildman–Crippen MR) is 84.3 cm³/mol. The van der Waals surface area contributed by atoms with Crippen molar-refractivity contribution < 1.29 is 4.79 Å². The Labute approximate surface area is 125 Å². The van der Waals surface area contributed by atoms with Crippen LogP contribution in [0.1, 0.15) is 44.1 Å². The number of nitrogens with zero attached hydrogens (tertiary/aromatic N) is 1. The summed E-state index contributed by atoms with van der Waals surface area (Å²) < 4.78 is 0. The summed E-state index contributed by atoms with van der Waals surface area (Å²) in [6, 6.07) is 8.33. The van der Waals surface area contributed by atoms with Crippen LogP contribution in [0.4, 0.5) is 0 Å². The van der Waals surface area contributed by atoms with Crippen molar-refractivity contribution in [1.29, 1.82) is 0 Å². The maximum Gasteiger partial charge on any atom is 0.233 e. The number of para-hydroxylation sites is 1. The van der Waals surface area contributed by atoms with Gasteiger partial charge in [0.05, 0.1) is 5.41 Å². The van der Waals surface area contributed by atoms with E-state index in [0.717, 1.165) is 44.3 Å². The molecule has 0 unspecified atom stereocenters. The highest BCUT2D eigenvalue weighted by molar-refractivity contribution is 5.97. The molecule has 1 aromatic heterocycles. The van der Waals surface area contributed by atoms with Gasteiger partial charge in [-0.25, -0.2) is 0 Å². The molecule has 1 aromatic carbocycles. The van der Waals surface area contributed by atoms with Crippen LogP contribution in [0, 0.1) is 0 Å². The molecule has 21 heavy (non-hydrogen) atoms. The molecule has 110 valence electrons. The fourth-order valence-corrected chi connectivity index (χ4v) is 3.77. The standard InChI is InChI=1S/C18H22N2O/c21-17(20-11-5-1-2-6-12-20)18(9-10-18)15-13-19-16-8-4-3-7-14(15)16/h3-4,7-8,13,19H,1-2,5-6,9-12H2. The van der Waals surface area contributed by atoms with Crippen LogP contribution in [0.5, 0.6) is 0 Å². The van der Waals surface area contributed by atoms with Crippen LogP contribution in [0.3, 0.4) is 0 Å². The fraction of sp³-hybridized carbons (Fsp3) is 0.500. The van der Waals surface area contributed by atoms with Crippen LogP contribution in [0.2, 0.25) is 0 Å². The van der Waals surface area contributed by atoms with Gasteiger partial charge in [-0.3, -0.25) is 4.79 Å². The Morgan fingerprint density at radius 1 is 1.05 bits per heavy atom. The van der Waals surface area contributed by atoms with E-state index in [1.807, 2.05) is 6.07 Å². The molecule has 2 fully saturated rings. The monoisotopic (exact) mass is 282 g/mol. The molecule has 2 heterocycles. The van der Waals surface area contributed by atoms with Gasteiger partial charge in [0, 0.05) is 30.2 Å². The molecule has 0 spiro atoms. The molecule has 1 saturated heterocycles. The fourth-order valence-electron chi connectivity index (χ4n) is 3.77. The van der Waals surface area contributed by atoms with Crippen molar-refractivity contribution in [1.82, 2.24) is 9.88 Å². The van der Waals surface area contributed by atoms with Gasteiger partial charge in [0.2, 0.25) is 5.91 Å². The lowest BCUT2D eigenvalue weighted by atomic mass is 9.93. The van der Waals surface area contributed by atoms with Crippen LogP contribution in [-0.2, 0) is 10.2 Å². The highest BCUT2D eigenvalue weighted by atomic mass is 16.2. The molecule has 2 aromatic rings. The molecule has 0 radical (unpaired) electrons. The predicted octanol–water partition coefficient (Wildman–Crippen LogP) is 3.60. The van der Waals surface area contributed by atoms with E-state index >= 15 is 0 Å². The van der Waals surface area contributed by atoms with Gasteiger partial charge in [0.1, 0.15) is 0 Å². The van der Waals surface area contributed by atoms with Crippen molar-refractivity contribution in [3.63, 3.8) is 0 Å². The van der Waals surface area contributed by atoms with Gasteiger partial charge in [-0.2, -0.15) is 0 Å². The zero-order valence-electron chi connectivity index (χ0n) is 12.4. The number of aromatic amines is 1. The summed E-state index contributed by atoms with van der Waals surface area (Å²) in [5.74, 6) is 0.370. The number of nitrogens with one attached hydrogen (secondary N) is 1. The number of aromatic nitrogens is 1. The maximum absolute atomic E-state index is 13.1. The summed E-state index contributed by atoms with van der Waals surface area (Å²) in [5, 5.41) is 1.22. The Morgan fingerprint density at radius 2 is 1.76 bits per heavy atom. The van der Waals surface area contributed by atoms with Gasteiger partial charge in [-0.15, -0.1) is 0 Å². The number of hydrogen-bond donors (Lipinski definition) is 1. The SMILES string of the molecule is O=C(N1CCCCCC1)C1(c2c[nH]c3ccccc23)CC1. The van der Waals surface area contributed by atoms with Crippen LogP contribution in [-0.4, -0.2) is 28.9 Å². The molecule has 4 rings (SSSR count). The lowest BCUT2D eigenvalue weighted by molar-refractivity contribution is -0.133. The third-order valence-corrected chi connectivity index (χ3v) is 5.16. The van der Waals surface area contributed by atoms with Crippen LogP contribution < -0.4 is 0 Å². The number of H-pyrrole nitrogens is 1. The van der Waals surface area contributed by atoms with E-state index < -0.39 is 0 Å². The first-order valence-electron chi connectivity index (χ1n) is 8.17. The van der Waals surface area contributed by atoms with Crippen molar-refractivity contribution in [2.24, 2.45) is 0 Å². The number of carbonyl (C=O) groups excluding carboxylic acids is 1. The quantitative estimate of drug-likeness (QED) is 0.897. The average molecular weight is 282 g/mol. The van der Waals surface area contributed by atoms with E-state index in [0.29, 0.717) is 5.91 Å². The molecule has 1 aliphatic heterocycles. The van der Waals surface area contributed by atoms with Crippen molar-refractivity contribution >= 4 is 16.8 Å². The molecule has 3 heteroatoms. The molecule has 1 N–H and O–H groups in total. The second kappa shape index (κ2) is 4.90. The van der Waals surface area contributed by atoms with E-state index in [9.17, 15) is 4.79 Å². The van der Waals surface area contributed by atoms with Gasteiger partial charge in [0.15, 0.2) is 0 Å². The Balaban J connectivity index is 1.68. The molecule has 0 atom stereocenters. The number of carbonyl (C=O) groups is 1. The lowest BCUT2D eigenvalue weighted by Crippen LogP contribution is -2.39. The Kier molecular flexibility index (Phi) is 3.02. The topological polar surface area (TPSA) is 36.1 Å². The van der Waals surface area contributed by atoms with E-state index in [2.05, 4.69) is 34.3 Å². The van der Waals surface area contributed by atoms with E-state index in [-0.39, 0.29) is 5.41 Å². The summed E-state index contributed by atoms with van der Waals surface area (Å²) in [5.41, 5.74) is 2.12. The molecule has 0 bridgehead atoms. The zero-order valence-corrected chi connectivity index (χ0v) is 12.4. The smallest absolute Gasteiger partial charge is 0.233 e. The van der Waals surface area contributed by atoms with E-state index in [1.54, 1.807) is 0 Å². The van der Waals surface area contributed by atoms with Crippen LogP contribution in [0.15, 0.2) is 30.5 Å². The second-order valence-electron chi connectivity index (χ2n) is 6.54. The first-order chi connectivity index (χ1) is 10.3. The normalized spacial score (nSPS) is 21.2. The highest BCUT2D eigenvalue weighted by Crippen LogP contribution is 2.51. The molecule has 2 aliphatic rings. The first-order valence-corrected chi connectivity index (χ1v) is 8.17. The Morgan fingerprint density at radius 3 is 2.48 bits per heavy atom. The van der Waals surface area contributed by atoms with Gasteiger partial charge >= 0.3 is 0 Å². The third-order valence-electron chi connectivity index (χ3n) is 5.16. The summed E-state index contributed by atoms with van der Waals surface area (Å²) in [6.45, 7) is 1.89. The summed E-state index contributed by atoms with van der Waals surface area (Å²) in [4.78, 5) is 18.5. The number of amides is 1. The maximum atomic E-state index is 13.1. The molecule has 1 amide bonds. The van der Waals surface area contributed by atoms with E-state index in [4.69, 9.17) is 0 Å². The second-order valence-corrected chi connectivity index (χ2v) is 6.54. The molecular formula is C18H22N2O. The number of benzene rings is 1. The van der Waals surface area contributed by atoms with Crippen molar-refractivity contribution in [3.8, 4) is 0 Å². The van der Waals surface area contributed by atoms with Crippen LogP contribution >= 0.6 is 0 Å². The molecule has 1 saturated carbocycles. The Hall–Kier alpha value is -1.77. The number of fused-ring (bicyclic) bond motifs is 1. The average Bonchev–Trinajstić information content (AvgIpc) is 3.27. The van der Waals surface area contributed by atoms with Crippen molar-refractivity contribution in [2.75, 3.05) is 13.1 Å². The minimum Gasteiger partial charge on any atom is -0.361 e. The lowest BCUT2D eigenvalue weighted by Gasteiger charge is -2.26. The highest BCUT2D eigenvalue weighted by Gasteiger charge is 2.54. The van der Waals surface area contributed by atoms with Gasteiger partial charge in [0.25, 0.3) is 0 Å². The van der Waals surface area contributed by atoms with Gasteiger partial charge in [-0.1, -0.05) is 31.0 Å². The zero-order chi connectivity index (χ0) is 14.3. The molecular weight excluding hydrogens is 260 g/mol. The molecule has 1 aliphatic carbocycles. The van der Waals surface area contributed by atoms with Crippen molar-refractivity contribution in [2.45, 2.75) is 43.9 Å². The minimum atomic E-state index is -0.232. The summed E-state index contributed by atoms with van der Waals surface area (Å²) >= 11 is 0. The largest absolute Gasteiger partial charge is 0.361 e. The van der Waals surface area contributed by atoms with Crippen LogP contribution in [0.25, 0.3) is 10.9 Å². The number of rotatable bonds is 2. The molecule has 3 nitrogen and oxygen atoms in total. The number of likely N-dealkylation sites (tertiary alicyclic amines) is 1.